The quantitative estimate of drug-likeness (QED) is 0.575. The summed E-state index contributed by atoms with van der Waals surface area (Å²) in [7, 11) is 0. The molecule has 1 aliphatic heterocycles. The normalized spacial score (nSPS) is 21.1. The van der Waals surface area contributed by atoms with E-state index in [0.717, 1.165) is 6.07 Å². The van der Waals surface area contributed by atoms with Crippen LogP contribution in [0.3, 0.4) is 0 Å². The van der Waals surface area contributed by atoms with Crippen LogP contribution in [-0.4, -0.2) is 9.02 Å². The minimum atomic E-state index is -0.597. The van der Waals surface area contributed by atoms with Gasteiger partial charge in [-0.15, -0.1) is 0 Å². The fourth-order valence-corrected chi connectivity index (χ4v) is 2.52. The molecule has 1 heterocycles. The van der Waals surface area contributed by atoms with Gasteiger partial charge in [-0.1, -0.05) is 6.07 Å². The fraction of sp³-hybridized carbons (Fsp3) is 0.300. The first-order valence-electron chi connectivity index (χ1n) is 4.52. The number of benzene rings is 1. The second-order valence-corrected chi connectivity index (χ2v) is 4.46. The van der Waals surface area contributed by atoms with Gasteiger partial charge in [-0.3, -0.25) is 7.91 Å². The Morgan fingerprint density at radius 2 is 2.13 bits per heavy atom. The van der Waals surface area contributed by atoms with E-state index < -0.39 is 11.6 Å². The van der Waals surface area contributed by atoms with Crippen molar-refractivity contribution >= 4 is 28.8 Å². The molecule has 1 unspecified atom stereocenters. The molecule has 1 aliphatic rings. The molecule has 1 atom stereocenters. The maximum atomic E-state index is 13.4. The minimum absolute atomic E-state index is 0.00988. The van der Waals surface area contributed by atoms with Gasteiger partial charge in [0.1, 0.15) is 11.6 Å². The summed E-state index contributed by atoms with van der Waals surface area (Å²) in [5, 5.41) is 0. The Morgan fingerprint density at radius 3 is 2.67 bits per heavy atom. The fourth-order valence-electron chi connectivity index (χ4n) is 1.70. The number of carbonyl (C=O) groups excluding carboxylic acids is 1. The van der Waals surface area contributed by atoms with Gasteiger partial charge in [0.05, 0.1) is 28.9 Å². The predicted octanol–water partition coefficient (Wildman–Crippen LogP) is 2.98. The molecular weight excluding hydrogens is 315 g/mol. The number of halogens is 3. The maximum Gasteiger partial charge on any atom is 0.231 e. The SMILES string of the molecule is O=C1CCC(c2ccc(F)cc2F)N1I. The molecule has 0 saturated carbocycles. The third kappa shape index (κ3) is 1.97. The standard InChI is InChI=1S/C10H8F2INO/c11-6-1-2-7(8(12)5-6)9-3-4-10(15)14(9)13/h1-2,5,9H,3-4H2. The summed E-state index contributed by atoms with van der Waals surface area (Å²) in [6.45, 7) is 0. The van der Waals surface area contributed by atoms with Gasteiger partial charge in [-0.2, -0.15) is 0 Å². The van der Waals surface area contributed by atoms with Crippen molar-refractivity contribution in [2.45, 2.75) is 18.9 Å². The van der Waals surface area contributed by atoms with Crippen LogP contribution in [0.4, 0.5) is 8.78 Å². The zero-order chi connectivity index (χ0) is 11.0. The van der Waals surface area contributed by atoms with E-state index in [0.29, 0.717) is 18.4 Å². The molecule has 2 nitrogen and oxygen atoms in total. The van der Waals surface area contributed by atoms with Crippen LogP contribution in [0.15, 0.2) is 18.2 Å². The molecule has 0 N–H and O–H groups in total. The van der Waals surface area contributed by atoms with E-state index >= 15 is 0 Å². The summed E-state index contributed by atoms with van der Waals surface area (Å²) in [6.07, 6.45) is 1.01. The lowest BCUT2D eigenvalue weighted by atomic mass is 10.0. The van der Waals surface area contributed by atoms with Crippen molar-refractivity contribution in [2.24, 2.45) is 0 Å². The highest BCUT2D eigenvalue weighted by Crippen LogP contribution is 2.36. The van der Waals surface area contributed by atoms with E-state index in [4.69, 9.17) is 0 Å². The zero-order valence-electron chi connectivity index (χ0n) is 7.71. The molecule has 0 bridgehead atoms. The molecule has 1 fully saturated rings. The van der Waals surface area contributed by atoms with Crippen LogP contribution < -0.4 is 0 Å². The largest absolute Gasteiger partial charge is 0.277 e. The Morgan fingerprint density at radius 1 is 1.40 bits per heavy atom. The molecule has 2 rings (SSSR count). The number of carbonyl (C=O) groups is 1. The number of rotatable bonds is 1. The van der Waals surface area contributed by atoms with Crippen molar-refractivity contribution in [2.75, 3.05) is 0 Å². The van der Waals surface area contributed by atoms with E-state index in [2.05, 4.69) is 0 Å². The number of nitrogens with zero attached hydrogens (tertiary/aromatic N) is 1. The van der Waals surface area contributed by atoms with Crippen LogP contribution in [0.25, 0.3) is 0 Å². The maximum absolute atomic E-state index is 13.4. The smallest absolute Gasteiger partial charge is 0.231 e. The van der Waals surface area contributed by atoms with Crippen LogP contribution in [0.5, 0.6) is 0 Å². The van der Waals surface area contributed by atoms with Crippen LogP contribution in [0, 0.1) is 11.6 Å². The van der Waals surface area contributed by atoms with Crippen molar-refractivity contribution < 1.29 is 13.6 Å². The van der Waals surface area contributed by atoms with Gasteiger partial charge in [0.25, 0.3) is 0 Å². The number of hydrogen-bond donors (Lipinski definition) is 0. The van der Waals surface area contributed by atoms with Gasteiger partial charge < -0.3 is 0 Å². The zero-order valence-corrected chi connectivity index (χ0v) is 9.87. The highest BCUT2D eigenvalue weighted by molar-refractivity contribution is 14.1. The van der Waals surface area contributed by atoms with Crippen molar-refractivity contribution in [1.29, 1.82) is 0 Å². The van der Waals surface area contributed by atoms with Crippen LogP contribution >= 0.6 is 22.9 Å². The third-order valence-electron chi connectivity index (χ3n) is 2.47. The average molecular weight is 323 g/mol. The lowest BCUT2D eigenvalue weighted by molar-refractivity contribution is -0.123. The molecule has 0 spiro atoms. The lowest BCUT2D eigenvalue weighted by Crippen LogP contribution is -2.16. The third-order valence-corrected chi connectivity index (χ3v) is 3.68. The highest BCUT2D eigenvalue weighted by Gasteiger charge is 2.32. The first-order valence-corrected chi connectivity index (χ1v) is 5.49. The van der Waals surface area contributed by atoms with Gasteiger partial charge in [0, 0.05) is 18.1 Å². The Labute approximate surface area is 99.8 Å². The molecular formula is C10H8F2INO. The van der Waals surface area contributed by atoms with Gasteiger partial charge in [0.15, 0.2) is 0 Å². The summed E-state index contributed by atoms with van der Waals surface area (Å²) >= 11 is 1.87. The predicted molar refractivity (Wildman–Crippen MR) is 59.2 cm³/mol. The van der Waals surface area contributed by atoms with Gasteiger partial charge in [0.2, 0.25) is 5.91 Å². The van der Waals surface area contributed by atoms with Crippen LogP contribution in [-0.2, 0) is 4.79 Å². The summed E-state index contributed by atoms with van der Waals surface area (Å²) in [6, 6.07) is 3.20. The van der Waals surface area contributed by atoms with E-state index in [1.54, 1.807) is 0 Å². The molecule has 1 amide bonds. The molecule has 1 saturated heterocycles. The first kappa shape index (κ1) is 10.8. The van der Waals surface area contributed by atoms with Crippen molar-refractivity contribution in [3.05, 3.63) is 35.4 Å². The Balaban J connectivity index is 2.34. The summed E-state index contributed by atoms with van der Waals surface area (Å²) in [5.41, 5.74) is 0.386. The van der Waals surface area contributed by atoms with E-state index in [-0.39, 0.29) is 11.9 Å². The molecule has 5 heteroatoms. The second kappa shape index (κ2) is 4.03. The molecule has 1 aromatic rings. The van der Waals surface area contributed by atoms with E-state index in [9.17, 15) is 13.6 Å². The summed E-state index contributed by atoms with van der Waals surface area (Å²) in [4.78, 5) is 11.3. The van der Waals surface area contributed by atoms with Crippen molar-refractivity contribution in [3.63, 3.8) is 0 Å². The van der Waals surface area contributed by atoms with Crippen LogP contribution in [0.1, 0.15) is 24.4 Å². The Bertz CT molecular complexity index is 410. The molecule has 15 heavy (non-hydrogen) atoms. The summed E-state index contributed by atoms with van der Waals surface area (Å²) < 4.78 is 27.6. The van der Waals surface area contributed by atoms with Gasteiger partial charge in [-0.25, -0.2) is 8.78 Å². The molecule has 1 aromatic carbocycles. The topological polar surface area (TPSA) is 20.3 Å². The van der Waals surface area contributed by atoms with Crippen LogP contribution in [0.2, 0.25) is 0 Å². The lowest BCUT2D eigenvalue weighted by Gasteiger charge is -2.18. The highest BCUT2D eigenvalue weighted by atomic mass is 127. The first-order chi connectivity index (χ1) is 7.09. The average Bonchev–Trinajstić information content (AvgIpc) is 2.49. The second-order valence-electron chi connectivity index (χ2n) is 3.43. The van der Waals surface area contributed by atoms with Gasteiger partial charge >= 0.3 is 0 Å². The molecule has 80 valence electrons. The summed E-state index contributed by atoms with van der Waals surface area (Å²) in [5.74, 6) is -1.19. The number of amides is 1. The Hall–Kier alpha value is -0.720. The van der Waals surface area contributed by atoms with Gasteiger partial charge in [-0.05, 0) is 12.5 Å². The molecule has 0 aliphatic carbocycles. The van der Waals surface area contributed by atoms with E-state index in [1.165, 1.54) is 15.2 Å². The van der Waals surface area contributed by atoms with E-state index in [1.807, 2.05) is 22.9 Å². The molecule has 0 aromatic heterocycles. The minimum Gasteiger partial charge on any atom is -0.277 e. The molecule has 0 radical (unpaired) electrons. The Kier molecular flexibility index (Phi) is 2.90. The van der Waals surface area contributed by atoms with Crippen molar-refractivity contribution in [3.8, 4) is 0 Å². The monoisotopic (exact) mass is 323 g/mol. The van der Waals surface area contributed by atoms with Crippen molar-refractivity contribution in [1.82, 2.24) is 3.11 Å². The number of hydrogen-bond acceptors (Lipinski definition) is 1.